The molecule has 4 rings (SSSR count). The first kappa shape index (κ1) is 18.2. The Morgan fingerprint density at radius 3 is 2.59 bits per heavy atom. The number of aromatic nitrogens is 2. The number of rotatable bonds is 5. The molecule has 1 fully saturated rings. The summed E-state index contributed by atoms with van der Waals surface area (Å²) in [5.74, 6) is 0.956. The lowest BCUT2D eigenvalue weighted by Gasteiger charge is -2.34. The number of thiazole rings is 1. The standard InChI is InChI=1S/C20H24N4O2S/c1-15-3-4-18(26-2)16(11-15)13-22-5-7-23(8-6-22)14-17-12-19(25)24-9-10-27-20(24)21-17/h3-4,9-12H,5-8,13-14H2,1-2H3. The van der Waals surface area contributed by atoms with Gasteiger partial charge in [0.05, 0.1) is 12.8 Å². The second-order valence-electron chi connectivity index (χ2n) is 7.01. The van der Waals surface area contributed by atoms with Gasteiger partial charge < -0.3 is 4.74 Å². The van der Waals surface area contributed by atoms with E-state index in [1.54, 1.807) is 23.8 Å². The van der Waals surface area contributed by atoms with Crippen LogP contribution in [0.25, 0.3) is 4.96 Å². The maximum Gasteiger partial charge on any atom is 0.258 e. The maximum absolute atomic E-state index is 12.1. The third-order valence-electron chi connectivity index (χ3n) is 5.04. The Hall–Kier alpha value is -2.22. The Morgan fingerprint density at radius 2 is 1.85 bits per heavy atom. The van der Waals surface area contributed by atoms with Gasteiger partial charge in [-0.2, -0.15) is 0 Å². The molecular weight excluding hydrogens is 360 g/mol. The lowest BCUT2D eigenvalue weighted by atomic mass is 10.1. The number of methoxy groups -OCH3 is 1. The molecule has 3 aromatic rings. The number of ether oxygens (including phenoxy) is 1. The van der Waals surface area contributed by atoms with Crippen LogP contribution in [0, 0.1) is 6.92 Å². The van der Waals surface area contributed by atoms with Crippen molar-refractivity contribution in [1.82, 2.24) is 19.2 Å². The van der Waals surface area contributed by atoms with Crippen LogP contribution in [0.4, 0.5) is 0 Å². The SMILES string of the molecule is COc1ccc(C)cc1CN1CCN(Cc2cc(=O)n3ccsc3n2)CC1. The minimum atomic E-state index is 0.00132. The van der Waals surface area contributed by atoms with E-state index in [2.05, 4.69) is 33.8 Å². The molecule has 1 saturated heterocycles. The number of hydrogen-bond acceptors (Lipinski definition) is 6. The van der Waals surface area contributed by atoms with Gasteiger partial charge in [0.25, 0.3) is 5.56 Å². The fourth-order valence-electron chi connectivity index (χ4n) is 3.58. The van der Waals surface area contributed by atoms with Gasteiger partial charge in [0.2, 0.25) is 0 Å². The normalized spacial score (nSPS) is 16.1. The summed E-state index contributed by atoms with van der Waals surface area (Å²) in [5, 5.41) is 1.89. The highest BCUT2D eigenvalue weighted by molar-refractivity contribution is 7.15. The van der Waals surface area contributed by atoms with Crippen LogP contribution >= 0.6 is 11.3 Å². The van der Waals surface area contributed by atoms with Crippen molar-refractivity contribution in [3.8, 4) is 5.75 Å². The predicted molar refractivity (Wildman–Crippen MR) is 108 cm³/mol. The molecule has 0 aliphatic carbocycles. The quantitative estimate of drug-likeness (QED) is 0.676. The van der Waals surface area contributed by atoms with Crippen LogP contribution in [-0.2, 0) is 13.1 Å². The zero-order valence-corrected chi connectivity index (χ0v) is 16.5. The summed E-state index contributed by atoms with van der Waals surface area (Å²) >= 11 is 1.50. The van der Waals surface area contributed by atoms with Gasteiger partial charge in [-0.1, -0.05) is 17.7 Å². The average Bonchev–Trinajstić information content (AvgIpc) is 3.13. The molecule has 0 unspecified atom stereocenters. The molecule has 7 heteroatoms. The summed E-state index contributed by atoms with van der Waals surface area (Å²) in [6.45, 7) is 7.68. The van der Waals surface area contributed by atoms with E-state index in [4.69, 9.17) is 4.74 Å². The van der Waals surface area contributed by atoms with Gasteiger partial charge in [-0.25, -0.2) is 4.98 Å². The van der Waals surface area contributed by atoms with Gasteiger partial charge in [0.1, 0.15) is 5.75 Å². The summed E-state index contributed by atoms with van der Waals surface area (Å²) in [6.07, 6.45) is 1.78. The van der Waals surface area contributed by atoms with Crippen molar-refractivity contribution >= 4 is 16.3 Å². The van der Waals surface area contributed by atoms with Crippen LogP contribution in [-0.4, -0.2) is 52.5 Å². The van der Waals surface area contributed by atoms with Crippen molar-refractivity contribution in [2.75, 3.05) is 33.3 Å². The fraction of sp³-hybridized carbons (Fsp3) is 0.400. The number of nitrogens with zero attached hydrogens (tertiary/aromatic N) is 4. The summed E-state index contributed by atoms with van der Waals surface area (Å²) in [6, 6.07) is 7.99. The van der Waals surface area contributed by atoms with Crippen molar-refractivity contribution in [3.63, 3.8) is 0 Å². The molecule has 0 amide bonds. The van der Waals surface area contributed by atoms with Crippen molar-refractivity contribution in [3.05, 3.63) is 63.0 Å². The van der Waals surface area contributed by atoms with Crippen molar-refractivity contribution in [1.29, 1.82) is 0 Å². The summed E-state index contributed by atoms with van der Waals surface area (Å²) < 4.78 is 7.10. The molecule has 0 atom stereocenters. The molecule has 142 valence electrons. The molecule has 0 bridgehead atoms. The van der Waals surface area contributed by atoms with Crippen LogP contribution in [0.3, 0.4) is 0 Å². The molecule has 2 aromatic heterocycles. The van der Waals surface area contributed by atoms with E-state index in [-0.39, 0.29) is 5.56 Å². The third-order valence-corrected chi connectivity index (χ3v) is 5.79. The topological polar surface area (TPSA) is 50.1 Å². The van der Waals surface area contributed by atoms with E-state index < -0.39 is 0 Å². The van der Waals surface area contributed by atoms with Crippen LogP contribution < -0.4 is 10.3 Å². The highest BCUT2D eigenvalue weighted by Gasteiger charge is 2.19. The molecule has 0 saturated carbocycles. The monoisotopic (exact) mass is 384 g/mol. The van der Waals surface area contributed by atoms with Crippen LogP contribution in [0.15, 0.2) is 40.6 Å². The Balaban J connectivity index is 1.37. The molecular formula is C20H24N4O2S. The molecule has 1 aromatic carbocycles. The number of benzene rings is 1. The second kappa shape index (κ2) is 7.80. The number of fused-ring (bicyclic) bond motifs is 1. The molecule has 1 aliphatic heterocycles. The summed E-state index contributed by atoms with van der Waals surface area (Å²) in [7, 11) is 1.73. The predicted octanol–water partition coefficient (Wildman–Crippen LogP) is 2.39. The summed E-state index contributed by atoms with van der Waals surface area (Å²) in [5.41, 5.74) is 3.35. The van der Waals surface area contributed by atoms with E-state index >= 15 is 0 Å². The van der Waals surface area contributed by atoms with Gasteiger partial charge >= 0.3 is 0 Å². The fourth-order valence-corrected chi connectivity index (χ4v) is 4.31. The molecule has 3 heterocycles. The van der Waals surface area contributed by atoms with Gasteiger partial charge in [-0.15, -0.1) is 11.3 Å². The van der Waals surface area contributed by atoms with Crippen molar-refractivity contribution in [2.24, 2.45) is 0 Å². The molecule has 0 N–H and O–H groups in total. The van der Waals surface area contributed by atoms with Crippen LogP contribution in [0.2, 0.25) is 0 Å². The van der Waals surface area contributed by atoms with Gasteiger partial charge in [-0.05, 0) is 13.0 Å². The first-order valence-corrected chi connectivity index (χ1v) is 10.0. The van der Waals surface area contributed by atoms with E-state index in [1.807, 2.05) is 11.4 Å². The number of piperazine rings is 1. The minimum Gasteiger partial charge on any atom is -0.496 e. The van der Waals surface area contributed by atoms with E-state index in [9.17, 15) is 4.79 Å². The highest BCUT2D eigenvalue weighted by Crippen LogP contribution is 2.22. The zero-order chi connectivity index (χ0) is 18.8. The lowest BCUT2D eigenvalue weighted by Crippen LogP contribution is -2.45. The Labute approximate surface area is 162 Å². The zero-order valence-electron chi connectivity index (χ0n) is 15.7. The second-order valence-corrected chi connectivity index (χ2v) is 7.88. The van der Waals surface area contributed by atoms with Gasteiger partial charge in [0, 0.05) is 62.5 Å². The van der Waals surface area contributed by atoms with E-state index in [0.717, 1.165) is 55.7 Å². The number of aryl methyl sites for hydroxylation is 1. The third kappa shape index (κ3) is 4.05. The average molecular weight is 385 g/mol. The first-order valence-electron chi connectivity index (χ1n) is 9.16. The minimum absolute atomic E-state index is 0.00132. The van der Waals surface area contributed by atoms with Crippen LogP contribution in [0.1, 0.15) is 16.8 Å². The first-order chi connectivity index (χ1) is 13.1. The van der Waals surface area contributed by atoms with Gasteiger partial charge in [0.15, 0.2) is 4.96 Å². The summed E-state index contributed by atoms with van der Waals surface area (Å²) in [4.78, 5) is 22.3. The lowest BCUT2D eigenvalue weighted by molar-refractivity contribution is 0.120. The van der Waals surface area contributed by atoms with Gasteiger partial charge in [-0.3, -0.25) is 19.0 Å². The van der Waals surface area contributed by atoms with Crippen molar-refractivity contribution < 1.29 is 4.74 Å². The highest BCUT2D eigenvalue weighted by atomic mass is 32.1. The molecule has 1 aliphatic rings. The Bertz CT molecular complexity index is 989. The molecule has 0 radical (unpaired) electrons. The van der Waals surface area contributed by atoms with Crippen LogP contribution in [0.5, 0.6) is 5.75 Å². The Kier molecular flexibility index (Phi) is 5.24. The molecule has 6 nitrogen and oxygen atoms in total. The molecule has 27 heavy (non-hydrogen) atoms. The largest absolute Gasteiger partial charge is 0.496 e. The van der Waals surface area contributed by atoms with E-state index in [1.165, 1.54) is 22.5 Å². The smallest absolute Gasteiger partial charge is 0.258 e. The van der Waals surface area contributed by atoms with E-state index in [0.29, 0.717) is 0 Å². The van der Waals surface area contributed by atoms with Crippen molar-refractivity contribution in [2.45, 2.75) is 20.0 Å². The Morgan fingerprint density at radius 1 is 1.11 bits per heavy atom. The number of hydrogen-bond donors (Lipinski definition) is 0. The molecule has 0 spiro atoms. The maximum atomic E-state index is 12.1.